The van der Waals surface area contributed by atoms with Crippen LogP contribution in [0.15, 0.2) is 24.3 Å². The van der Waals surface area contributed by atoms with E-state index >= 15 is 0 Å². The summed E-state index contributed by atoms with van der Waals surface area (Å²) in [4.78, 5) is 26.0. The zero-order valence-corrected chi connectivity index (χ0v) is 14.2. The number of aliphatic hydroxyl groups is 1. The molecular formula is C18H26N2O4. The van der Waals surface area contributed by atoms with E-state index in [0.29, 0.717) is 36.9 Å². The molecule has 1 aliphatic rings. The van der Waals surface area contributed by atoms with Crippen LogP contribution >= 0.6 is 0 Å². The minimum absolute atomic E-state index is 0.128. The zero-order chi connectivity index (χ0) is 17.4. The third kappa shape index (κ3) is 5.53. The Bertz CT molecular complexity index is 540. The van der Waals surface area contributed by atoms with Gasteiger partial charge in [-0.15, -0.1) is 0 Å². The second kappa shape index (κ2) is 9.27. The monoisotopic (exact) mass is 334 g/mol. The summed E-state index contributed by atoms with van der Waals surface area (Å²) < 4.78 is 5.08. The molecule has 1 saturated carbocycles. The molecule has 0 radical (unpaired) electrons. The Labute approximate surface area is 142 Å². The number of esters is 1. The van der Waals surface area contributed by atoms with Crippen LogP contribution in [0.25, 0.3) is 0 Å². The van der Waals surface area contributed by atoms with Crippen molar-refractivity contribution in [3.63, 3.8) is 0 Å². The maximum atomic E-state index is 12.4. The number of benzene rings is 1. The molecule has 2 amide bonds. The smallest absolute Gasteiger partial charge is 0.338 e. The van der Waals surface area contributed by atoms with E-state index in [0.717, 1.165) is 25.7 Å². The molecule has 6 nitrogen and oxygen atoms in total. The van der Waals surface area contributed by atoms with Gasteiger partial charge in [0.25, 0.3) is 0 Å². The summed E-state index contributed by atoms with van der Waals surface area (Å²) in [7, 11) is 0. The van der Waals surface area contributed by atoms with Crippen molar-refractivity contribution < 1.29 is 19.4 Å². The van der Waals surface area contributed by atoms with Gasteiger partial charge in [-0.05, 0) is 56.4 Å². The Morgan fingerprint density at radius 3 is 2.54 bits per heavy atom. The molecule has 1 aliphatic carbocycles. The molecule has 0 atom stereocenters. The molecule has 0 bridgehead atoms. The average molecular weight is 334 g/mol. The Kier molecular flexibility index (Phi) is 7.06. The Morgan fingerprint density at radius 2 is 1.96 bits per heavy atom. The Hall–Kier alpha value is -2.08. The largest absolute Gasteiger partial charge is 0.462 e. The van der Waals surface area contributed by atoms with E-state index in [-0.39, 0.29) is 18.6 Å². The number of rotatable bonds is 9. The molecule has 6 heteroatoms. The number of nitrogens with zero attached hydrogens (tertiary/aromatic N) is 1. The predicted molar refractivity (Wildman–Crippen MR) is 92.1 cm³/mol. The molecule has 0 saturated heterocycles. The summed E-state index contributed by atoms with van der Waals surface area (Å²) in [6.45, 7) is 3.15. The molecule has 2 rings (SSSR count). The fraction of sp³-hybridized carbons (Fsp3) is 0.556. The number of anilines is 1. The first kappa shape index (κ1) is 18.3. The number of amides is 2. The molecule has 1 aromatic carbocycles. The number of ether oxygens (including phenoxy) is 1. The van der Waals surface area contributed by atoms with Gasteiger partial charge in [-0.25, -0.2) is 9.59 Å². The van der Waals surface area contributed by atoms with Crippen molar-refractivity contribution in [3.8, 4) is 0 Å². The van der Waals surface area contributed by atoms with Crippen LogP contribution in [0.2, 0.25) is 0 Å². The third-order valence-corrected chi connectivity index (χ3v) is 3.86. The van der Waals surface area contributed by atoms with Gasteiger partial charge >= 0.3 is 12.0 Å². The minimum Gasteiger partial charge on any atom is -0.462 e. The maximum Gasteiger partial charge on any atom is 0.338 e. The van der Waals surface area contributed by atoms with E-state index in [1.807, 2.05) is 11.8 Å². The van der Waals surface area contributed by atoms with E-state index < -0.39 is 0 Å². The van der Waals surface area contributed by atoms with Crippen LogP contribution in [-0.2, 0) is 4.74 Å². The molecule has 24 heavy (non-hydrogen) atoms. The second-order valence-electron chi connectivity index (χ2n) is 6.00. The molecule has 0 aromatic heterocycles. The lowest BCUT2D eigenvalue weighted by Gasteiger charge is -2.22. The highest BCUT2D eigenvalue weighted by Crippen LogP contribution is 2.27. The SMILES string of the molecule is CCCOC(=O)c1ccc(NC(=O)N(CCCCO)C2CC2)cc1. The van der Waals surface area contributed by atoms with Crippen LogP contribution < -0.4 is 5.32 Å². The van der Waals surface area contributed by atoms with Gasteiger partial charge in [0.15, 0.2) is 0 Å². The first-order chi connectivity index (χ1) is 11.7. The molecule has 0 unspecified atom stereocenters. The van der Waals surface area contributed by atoms with Gasteiger partial charge in [-0.1, -0.05) is 6.92 Å². The van der Waals surface area contributed by atoms with Crippen molar-refractivity contribution in [2.24, 2.45) is 0 Å². The quantitative estimate of drug-likeness (QED) is 0.537. The molecule has 0 aliphatic heterocycles. The number of unbranched alkanes of at least 4 members (excludes halogenated alkanes) is 1. The van der Waals surface area contributed by atoms with Crippen molar-refractivity contribution in [2.45, 2.75) is 45.1 Å². The van der Waals surface area contributed by atoms with Gasteiger partial charge in [-0.2, -0.15) is 0 Å². The van der Waals surface area contributed by atoms with Gasteiger partial charge in [0, 0.05) is 24.9 Å². The van der Waals surface area contributed by atoms with Gasteiger partial charge in [0.2, 0.25) is 0 Å². The van der Waals surface area contributed by atoms with Crippen LogP contribution in [0.1, 0.15) is 49.4 Å². The van der Waals surface area contributed by atoms with Crippen molar-refractivity contribution in [3.05, 3.63) is 29.8 Å². The zero-order valence-electron chi connectivity index (χ0n) is 14.2. The molecular weight excluding hydrogens is 308 g/mol. The Morgan fingerprint density at radius 1 is 1.25 bits per heavy atom. The highest BCUT2D eigenvalue weighted by Gasteiger charge is 2.32. The van der Waals surface area contributed by atoms with Crippen molar-refractivity contribution in [1.82, 2.24) is 4.90 Å². The summed E-state index contributed by atoms with van der Waals surface area (Å²) >= 11 is 0. The highest BCUT2D eigenvalue weighted by molar-refractivity contribution is 5.92. The van der Waals surface area contributed by atoms with E-state index in [1.165, 1.54) is 0 Å². The van der Waals surface area contributed by atoms with Gasteiger partial charge in [-0.3, -0.25) is 0 Å². The first-order valence-corrected chi connectivity index (χ1v) is 8.61. The number of nitrogens with one attached hydrogen (secondary N) is 1. The molecule has 0 heterocycles. The van der Waals surface area contributed by atoms with E-state index in [2.05, 4.69) is 5.32 Å². The summed E-state index contributed by atoms with van der Waals surface area (Å²) in [6.07, 6.45) is 4.35. The van der Waals surface area contributed by atoms with Crippen LogP contribution in [0, 0.1) is 0 Å². The maximum absolute atomic E-state index is 12.4. The van der Waals surface area contributed by atoms with Crippen LogP contribution in [0.4, 0.5) is 10.5 Å². The van der Waals surface area contributed by atoms with E-state index in [1.54, 1.807) is 24.3 Å². The van der Waals surface area contributed by atoms with E-state index in [4.69, 9.17) is 9.84 Å². The lowest BCUT2D eigenvalue weighted by Crippen LogP contribution is -2.37. The topological polar surface area (TPSA) is 78.9 Å². The number of hydrogen-bond donors (Lipinski definition) is 2. The van der Waals surface area contributed by atoms with Crippen LogP contribution in [0.5, 0.6) is 0 Å². The number of carbonyl (C=O) groups excluding carboxylic acids is 2. The molecule has 1 aromatic rings. The molecule has 132 valence electrons. The van der Waals surface area contributed by atoms with Gasteiger partial charge in [0.05, 0.1) is 12.2 Å². The summed E-state index contributed by atoms with van der Waals surface area (Å²) in [5.74, 6) is -0.349. The number of urea groups is 1. The van der Waals surface area contributed by atoms with Crippen LogP contribution in [0.3, 0.4) is 0 Å². The molecule has 1 fully saturated rings. The normalized spacial score (nSPS) is 13.4. The van der Waals surface area contributed by atoms with Gasteiger partial charge < -0.3 is 20.1 Å². The number of aliphatic hydroxyl groups excluding tert-OH is 1. The predicted octanol–water partition coefficient (Wildman–Crippen LogP) is 3.02. The lowest BCUT2D eigenvalue weighted by atomic mass is 10.2. The fourth-order valence-electron chi connectivity index (χ4n) is 2.39. The third-order valence-electron chi connectivity index (χ3n) is 3.86. The first-order valence-electron chi connectivity index (χ1n) is 8.61. The van der Waals surface area contributed by atoms with Crippen LogP contribution in [-0.4, -0.2) is 47.8 Å². The second-order valence-corrected chi connectivity index (χ2v) is 6.00. The summed E-state index contributed by atoms with van der Waals surface area (Å²) in [5, 5.41) is 11.7. The average Bonchev–Trinajstić information content (AvgIpc) is 3.42. The minimum atomic E-state index is -0.349. The summed E-state index contributed by atoms with van der Waals surface area (Å²) in [6, 6.07) is 6.91. The van der Waals surface area contributed by atoms with Crippen molar-refractivity contribution in [2.75, 3.05) is 25.1 Å². The molecule has 2 N–H and O–H groups in total. The van der Waals surface area contributed by atoms with Crippen molar-refractivity contribution >= 4 is 17.7 Å². The van der Waals surface area contributed by atoms with Crippen molar-refractivity contribution in [1.29, 1.82) is 0 Å². The Balaban J connectivity index is 1.89. The number of carbonyl (C=O) groups is 2. The summed E-state index contributed by atoms with van der Waals surface area (Å²) in [5.41, 5.74) is 1.13. The van der Waals surface area contributed by atoms with E-state index in [9.17, 15) is 9.59 Å². The number of hydrogen-bond acceptors (Lipinski definition) is 4. The molecule has 0 spiro atoms. The highest BCUT2D eigenvalue weighted by atomic mass is 16.5. The fourth-order valence-corrected chi connectivity index (χ4v) is 2.39. The standard InChI is InChI=1S/C18H26N2O4/c1-2-13-24-17(22)14-5-7-15(8-6-14)19-18(23)20(16-9-10-16)11-3-4-12-21/h5-8,16,21H,2-4,9-13H2,1H3,(H,19,23). The van der Waals surface area contributed by atoms with Gasteiger partial charge in [0.1, 0.15) is 0 Å². The lowest BCUT2D eigenvalue weighted by molar-refractivity contribution is 0.0505.